The molecule has 0 heterocycles. The van der Waals surface area contributed by atoms with Crippen molar-refractivity contribution in [2.45, 2.75) is 38.2 Å². The Bertz CT molecular complexity index is 306. The van der Waals surface area contributed by atoms with Gasteiger partial charge in [-0.2, -0.15) is 8.42 Å². The van der Waals surface area contributed by atoms with Crippen LogP contribution in [0.3, 0.4) is 0 Å². The summed E-state index contributed by atoms with van der Waals surface area (Å²) in [5.74, 6) is -0.107. The van der Waals surface area contributed by atoms with Gasteiger partial charge in [0.25, 0.3) is 10.1 Å². The lowest BCUT2D eigenvalue weighted by Gasteiger charge is -2.30. The Balaban J connectivity index is 2.79. The fourth-order valence-corrected chi connectivity index (χ4v) is 2.42. The molecule has 0 aliphatic heterocycles. The third-order valence-corrected chi connectivity index (χ3v) is 2.90. The molecule has 5 heteroatoms. The Labute approximate surface area is 78.4 Å². The molecule has 0 aromatic carbocycles. The van der Waals surface area contributed by atoms with Gasteiger partial charge in [-0.3, -0.25) is 8.98 Å². The van der Waals surface area contributed by atoms with Gasteiger partial charge >= 0.3 is 0 Å². The van der Waals surface area contributed by atoms with Gasteiger partial charge in [-0.15, -0.1) is 0 Å². The van der Waals surface area contributed by atoms with Crippen molar-refractivity contribution in [3.63, 3.8) is 0 Å². The van der Waals surface area contributed by atoms with Crippen molar-refractivity contribution in [1.82, 2.24) is 0 Å². The SMILES string of the molecule is CC1(OS(C)(=O)=O)CCCCC1=O. The van der Waals surface area contributed by atoms with Gasteiger partial charge in [0.05, 0.1) is 6.26 Å². The molecule has 1 unspecified atom stereocenters. The Kier molecular flexibility index (Phi) is 2.77. The first-order valence-corrected chi connectivity index (χ1v) is 6.09. The van der Waals surface area contributed by atoms with E-state index < -0.39 is 15.7 Å². The van der Waals surface area contributed by atoms with Crippen molar-refractivity contribution in [2.75, 3.05) is 6.26 Å². The van der Waals surface area contributed by atoms with Gasteiger partial charge in [0.1, 0.15) is 5.60 Å². The summed E-state index contributed by atoms with van der Waals surface area (Å²) >= 11 is 0. The molecule has 0 spiro atoms. The van der Waals surface area contributed by atoms with Crippen molar-refractivity contribution >= 4 is 15.9 Å². The first kappa shape index (κ1) is 10.7. The first-order valence-electron chi connectivity index (χ1n) is 4.27. The zero-order chi connectivity index (χ0) is 10.1. The minimum atomic E-state index is -3.54. The quantitative estimate of drug-likeness (QED) is 0.629. The molecule has 1 aliphatic rings. The summed E-state index contributed by atoms with van der Waals surface area (Å²) in [5, 5.41) is 0. The van der Waals surface area contributed by atoms with Crippen LogP contribution in [0.1, 0.15) is 32.6 Å². The molecule has 1 aliphatic carbocycles. The number of carbonyl (C=O) groups excluding carboxylic acids is 1. The van der Waals surface area contributed by atoms with Gasteiger partial charge in [-0.25, -0.2) is 0 Å². The predicted molar refractivity (Wildman–Crippen MR) is 47.8 cm³/mol. The number of ketones is 1. The highest BCUT2D eigenvalue weighted by Gasteiger charge is 2.39. The number of hydrogen-bond acceptors (Lipinski definition) is 4. The topological polar surface area (TPSA) is 60.4 Å². The van der Waals surface area contributed by atoms with Crippen LogP contribution in [-0.2, 0) is 19.1 Å². The second kappa shape index (κ2) is 3.38. The van der Waals surface area contributed by atoms with Crippen molar-refractivity contribution in [2.24, 2.45) is 0 Å². The van der Waals surface area contributed by atoms with Crippen LogP contribution in [-0.4, -0.2) is 26.1 Å². The maximum Gasteiger partial charge on any atom is 0.265 e. The van der Waals surface area contributed by atoms with E-state index >= 15 is 0 Å². The Hall–Kier alpha value is -0.420. The monoisotopic (exact) mass is 206 g/mol. The summed E-state index contributed by atoms with van der Waals surface area (Å²) in [7, 11) is -3.54. The van der Waals surface area contributed by atoms with Crippen LogP contribution >= 0.6 is 0 Å². The maximum absolute atomic E-state index is 11.4. The number of hydrogen-bond donors (Lipinski definition) is 0. The van der Waals surface area contributed by atoms with Crippen LogP contribution in [0.15, 0.2) is 0 Å². The molecule has 0 radical (unpaired) electrons. The van der Waals surface area contributed by atoms with E-state index in [-0.39, 0.29) is 5.78 Å². The molecule has 0 aromatic heterocycles. The van der Waals surface area contributed by atoms with Crippen LogP contribution in [0, 0.1) is 0 Å². The van der Waals surface area contributed by atoms with Crippen LogP contribution in [0.5, 0.6) is 0 Å². The molecule has 1 saturated carbocycles. The van der Waals surface area contributed by atoms with E-state index in [9.17, 15) is 13.2 Å². The highest BCUT2D eigenvalue weighted by atomic mass is 32.2. The molecule has 4 nitrogen and oxygen atoms in total. The summed E-state index contributed by atoms with van der Waals surface area (Å²) in [6, 6.07) is 0. The fraction of sp³-hybridized carbons (Fsp3) is 0.875. The molecule has 0 bridgehead atoms. The third kappa shape index (κ3) is 2.77. The Morgan fingerprint density at radius 2 is 2.00 bits per heavy atom. The van der Waals surface area contributed by atoms with E-state index in [0.717, 1.165) is 19.1 Å². The van der Waals surface area contributed by atoms with Crippen molar-refractivity contribution in [3.05, 3.63) is 0 Å². The maximum atomic E-state index is 11.4. The van der Waals surface area contributed by atoms with Gasteiger partial charge < -0.3 is 0 Å². The Morgan fingerprint density at radius 3 is 2.46 bits per heavy atom. The summed E-state index contributed by atoms with van der Waals surface area (Å²) in [6.07, 6.45) is 3.57. The minimum Gasteiger partial charge on any atom is -0.296 e. The minimum absolute atomic E-state index is 0.107. The van der Waals surface area contributed by atoms with Crippen molar-refractivity contribution < 1.29 is 17.4 Å². The average molecular weight is 206 g/mol. The van der Waals surface area contributed by atoms with Gasteiger partial charge in [-0.1, -0.05) is 0 Å². The predicted octanol–water partition coefficient (Wildman–Crippen LogP) is 0.864. The van der Waals surface area contributed by atoms with Crippen LogP contribution in [0.4, 0.5) is 0 Å². The van der Waals surface area contributed by atoms with Crippen molar-refractivity contribution in [1.29, 1.82) is 0 Å². The molecule has 1 fully saturated rings. The third-order valence-electron chi connectivity index (χ3n) is 2.23. The highest BCUT2D eigenvalue weighted by molar-refractivity contribution is 7.86. The molecule has 0 aromatic rings. The van der Waals surface area contributed by atoms with E-state index in [2.05, 4.69) is 0 Å². The first-order chi connectivity index (χ1) is 5.83. The Morgan fingerprint density at radius 1 is 1.38 bits per heavy atom. The lowest BCUT2D eigenvalue weighted by molar-refractivity contribution is -0.135. The molecule has 0 N–H and O–H groups in total. The van der Waals surface area contributed by atoms with Gasteiger partial charge in [0.2, 0.25) is 0 Å². The molecule has 1 atom stereocenters. The van der Waals surface area contributed by atoms with E-state index in [1.807, 2.05) is 0 Å². The second-order valence-electron chi connectivity index (χ2n) is 3.65. The number of rotatable bonds is 2. The van der Waals surface area contributed by atoms with E-state index in [4.69, 9.17) is 4.18 Å². The molecule has 76 valence electrons. The van der Waals surface area contributed by atoms with Crippen LogP contribution < -0.4 is 0 Å². The molecule has 13 heavy (non-hydrogen) atoms. The molecule has 0 saturated heterocycles. The fourth-order valence-electron chi connectivity index (χ4n) is 1.57. The molecule has 1 rings (SSSR count). The number of Topliss-reactive ketones (excluding diaryl/α,β-unsaturated/α-hetero) is 1. The van der Waals surface area contributed by atoms with Crippen LogP contribution in [0.25, 0.3) is 0 Å². The van der Waals surface area contributed by atoms with Gasteiger partial charge in [0, 0.05) is 6.42 Å². The zero-order valence-electron chi connectivity index (χ0n) is 7.87. The summed E-state index contributed by atoms with van der Waals surface area (Å²) < 4.78 is 26.6. The number of carbonyl (C=O) groups is 1. The second-order valence-corrected chi connectivity index (χ2v) is 5.22. The summed E-state index contributed by atoms with van der Waals surface area (Å²) in [4.78, 5) is 11.4. The lowest BCUT2D eigenvalue weighted by atomic mass is 9.85. The standard InChI is InChI=1S/C8H14O4S/c1-8(12-13(2,10)11)6-4-3-5-7(8)9/h3-6H2,1-2H3. The lowest BCUT2D eigenvalue weighted by Crippen LogP contribution is -2.42. The van der Waals surface area contributed by atoms with E-state index in [0.29, 0.717) is 12.8 Å². The molecular formula is C8H14O4S. The molecule has 0 amide bonds. The molecular weight excluding hydrogens is 192 g/mol. The normalized spacial score (nSPS) is 30.5. The summed E-state index contributed by atoms with van der Waals surface area (Å²) in [5.41, 5.74) is -1.11. The van der Waals surface area contributed by atoms with Gasteiger partial charge in [-0.05, 0) is 26.2 Å². The smallest absolute Gasteiger partial charge is 0.265 e. The van der Waals surface area contributed by atoms with E-state index in [1.54, 1.807) is 6.92 Å². The van der Waals surface area contributed by atoms with Gasteiger partial charge in [0.15, 0.2) is 5.78 Å². The average Bonchev–Trinajstić information content (AvgIpc) is 1.92. The summed E-state index contributed by atoms with van der Waals surface area (Å²) in [6.45, 7) is 1.55. The largest absolute Gasteiger partial charge is 0.296 e. The zero-order valence-corrected chi connectivity index (χ0v) is 8.69. The van der Waals surface area contributed by atoms with Crippen molar-refractivity contribution in [3.8, 4) is 0 Å². The van der Waals surface area contributed by atoms with Crippen LogP contribution in [0.2, 0.25) is 0 Å². The highest BCUT2D eigenvalue weighted by Crippen LogP contribution is 2.29. The van der Waals surface area contributed by atoms with E-state index in [1.165, 1.54) is 0 Å².